The summed E-state index contributed by atoms with van der Waals surface area (Å²) in [4.78, 5) is 28.9. The van der Waals surface area contributed by atoms with E-state index in [-0.39, 0.29) is 16.8 Å². The number of carboxylic acids is 1. The highest BCUT2D eigenvalue weighted by molar-refractivity contribution is 7.12. The van der Waals surface area contributed by atoms with Gasteiger partial charge in [0.05, 0.1) is 22.6 Å². The van der Waals surface area contributed by atoms with E-state index in [1.54, 1.807) is 19.1 Å². The average Bonchev–Trinajstić information content (AvgIpc) is 3.48. The average molecular weight is 496 g/mol. The molecule has 0 atom stereocenters. The Balaban J connectivity index is 1.40. The van der Waals surface area contributed by atoms with Crippen molar-refractivity contribution in [2.45, 2.75) is 13.3 Å². The van der Waals surface area contributed by atoms with Crippen molar-refractivity contribution in [1.29, 1.82) is 0 Å². The van der Waals surface area contributed by atoms with Crippen LogP contribution in [0.5, 0.6) is 0 Å². The molecule has 0 radical (unpaired) electrons. The smallest absolute Gasteiger partial charge is 0.335 e. The number of rotatable bonds is 7. The molecule has 0 bridgehead atoms. The van der Waals surface area contributed by atoms with Crippen LogP contribution in [0.1, 0.15) is 27.2 Å². The van der Waals surface area contributed by atoms with Crippen molar-refractivity contribution >= 4 is 28.7 Å². The maximum Gasteiger partial charge on any atom is 0.335 e. The molecule has 0 aliphatic heterocycles. The molecule has 0 aliphatic carbocycles. The first-order valence-corrected chi connectivity index (χ1v) is 12.0. The van der Waals surface area contributed by atoms with E-state index in [2.05, 4.69) is 44.6 Å². The van der Waals surface area contributed by atoms with Crippen LogP contribution >= 0.6 is 11.3 Å². The van der Waals surface area contributed by atoms with Crippen molar-refractivity contribution in [2.24, 2.45) is 10.2 Å². The maximum absolute atomic E-state index is 13.0. The third-order valence-electron chi connectivity index (χ3n) is 5.56. The van der Waals surface area contributed by atoms with Crippen LogP contribution in [0, 0.1) is 6.92 Å². The molecule has 0 amide bonds. The molecule has 8 nitrogen and oxygen atoms in total. The Labute approximate surface area is 210 Å². The minimum atomic E-state index is -1.06. The predicted molar refractivity (Wildman–Crippen MR) is 139 cm³/mol. The summed E-state index contributed by atoms with van der Waals surface area (Å²) in [6.07, 6.45) is 0.824. The third-order valence-corrected chi connectivity index (χ3v) is 6.38. The van der Waals surface area contributed by atoms with Gasteiger partial charge in [-0.3, -0.25) is 9.89 Å². The van der Waals surface area contributed by atoms with E-state index >= 15 is 0 Å². The summed E-state index contributed by atoms with van der Waals surface area (Å²) in [6, 6.07) is 24.5. The molecule has 36 heavy (non-hydrogen) atoms. The minimum absolute atomic E-state index is 0.0952. The number of aryl methyl sites for hydroxylation is 1. The van der Waals surface area contributed by atoms with Gasteiger partial charge in [-0.15, -0.1) is 16.5 Å². The SMILES string of the molecule is Cc1[nH]n(-c2nc(-c3cccc(Cc4ccccc4)c3)cs2)c(=O)c1N=Nc1cccc(C(=O)O)c1. The Morgan fingerprint density at radius 3 is 2.58 bits per heavy atom. The van der Waals surface area contributed by atoms with E-state index in [0.717, 1.165) is 17.7 Å². The van der Waals surface area contributed by atoms with Gasteiger partial charge in [0.2, 0.25) is 5.13 Å². The highest BCUT2D eigenvalue weighted by Gasteiger charge is 2.16. The van der Waals surface area contributed by atoms with E-state index in [4.69, 9.17) is 5.11 Å². The molecule has 0 fully saturated rings. The Hall–Kier alpha value is -4.63. The fourth-order valence-electron chi connectivity index (χ4n) is 3.77. The van der Waals surface area contributed by atoms with Crippen LogP contribution in [-0.4, -0.2) is 25.8 Å². The van der Waals surface area contributed by atoms with Crippen LogP contribution in [0.15, 0.2) is 99.3 Å². The van der Waals surface area contributed by atoms with Gasteiger partial charge in [0.25, 0.3) is 0 Å². The molecule has 3 aromatic carbocycles. The summed E-state index contributed by atoms with van der Waals surface area (Å²) in [6.45, 7) is 1.72. The zero-order chi connectivity index (χ0) is 25.1. The summed E-state index contributed by atoms with van der Waals surface area (Å²) in [7, 11) is 0. The molecular formula is C27H21N5O3S. The Morgan fingerprint density at radius 2 is 1.78 bits per heavy atom. The van der Waals surface area contributed by atoms with E-state index in [0.29, 0.717) is 16.5 Å². The van der Waals surface area contributed by atoms with Crippen LogP contribution in [0.4, 0.5) is 11.4 Å². The number of carbonyl (C=O) groups is 1. The molecule has 0 unspecified atom stereocenters. The van der Waals surface area contributed by atoms with Gasteiger partial charge >= 0.3 is 11.5 Å². The van der Waals surface area contributed by atoms with E-state index in [9.17, 15) is 9.59 Å². The number of aromatic nitrogens is 3. The second-order valence-electron chi connectivity index (χ2n) is 8.16. The first-order valence-electron chi connectivity index (χ1n) is 11.1. The van der Waals surface area contributed by atoms with Crippen LogP contribution in [0.2, 0.25) is 0 Å². The van der Waals surface area contributed by atoms with Crippen LogP contribution in [-0.2, 0) is 6.42 Å². The molecule has 0 saturated carbocycles. The molecule has 0 spiro atoms. The second-order valence-corrected chi connectivity index (χ2v) is 9.00. The number of nitrogens with zero attached hydrogens (tertiary/aromatic N) is 4. The van der Waals surface area contributed by atoms with Crippen molar-refractivity contribution in [2.75, 3.05) is 0 Å². The number of H-pyrrole nitrogens is 1. The zero-order valence-corrected chi connectivity index (χ0v) is 20.1. The first kappa shape index (κ1) is 23.1. The van der Waals surface area contributed by atoms with Crippen LogP contribution in [0.3, 0.4) is 0 Å². The van der Waals surface area contributed by atoms with Crippen molar-refractivity contribution in [3.8, 4) is 16.4 Å². The van der Waals surface area contributed by atoms with E-state index < -0.39 is 5.97 Å². The quantitative estimate of drug-likeness (QED) is 0.258. The van der Waals surface area contributed by atoms with Gasteiger partial charge in [-0.1, -0.05) is 54.6 Å². The number of nitrogens with one attached hydrogen (secondary N) is 1. The van der Waals surface area contributed by atoms with Gasteiger partial charge in [-0.2, -0.15) is 9.80 Å². The largest absolute Gasteiger partial charge is 0.478 e. The molecular weight excluding hydrogens is 474 g/mol. The lowest BCUT2D eigenvalue weighted by atomic mass is 10.0. The number of aromatic amines is 1. The Bertz CT molecular complexity index is 1630. The molecule has 2 heterocycles. The lowest BCUT2D eigenvalue weighted by molar-refractivity contribution is 0.0697. The second kappa shape index (κ2) is 9.93. The molecule has 2 N–H and O–H groups in total. The number of benzene rings is 3. The van der Waals surface area contributed by atoms with Gasteiger partial charge < -0.3 is 5.11 Å². The van der Waals surface area contributed by atoms with Crippen molar-refractivity contribution in [3.63, 3.8) is 0 Å². The summed E-state index contributed by atoms with van der Waals surface area (Å²) in [5.41, 5.74) is 4.88. The van der Waals surface area contributed by atoms with E-state index in [1.807, 2.05) is 35.7 Å². The van der Waals surface area contributed by atoms with Gasteiger partial charge in [0, 0.05) is 10.9 Å². The zero-order valence-electron chi connectivity index (χ0n) is 19.3. The molecule has 0 aliphatic rings. The summed E-state index contributed by atoms with van der Waals surface area (Å²) in [5, 5.41) is 22.7. The molecule has 5 rings (SSSR count). The predicted octanol–water partition coefficient (Wildman–Crippen LogP) is 6.30. The lowest BCUT2D eigenvalue weighted by Gasteiger charge is -2.04. The number of thiazole rings is 1. The van der Waals surface area contributed by atoms with Gasteiger partial charge in [0.1, 0.15) is 0 Å². The minimum Gasteiger partial charge on any atom is -0.478 e. The number of carboxylic acid groups (broad SMARTS) is 1. The first-order chi connectivity index (χ1) is 17.5. The number of hydrogen-bond acceptors (Lipinski definition) is 6. The van der Waals surface area contributed by atoms with Crippen molar-refractivity contribution in [3.05, 3.63) is 117 Å². The monoisotopic (exact) mass is 495 g/mol. The topological polar surface area (TPSA) is 113 Å². The Kier molecular flexibility index (Phi) is 6.38. The van der Waals surface area contributed by atoms with E-state index in [1.165, 1.54) is 39.3 Å². The van der Waals surface area contributed by atoms with Crippen molar-refractivity contribution in [1.82, 2.24) is 14.8 Å². The van der Waals surface area contributed by atoms with Crippen LogP contribution in [0.25, 0.3) is 16.4 Å². The molecule has 5 aromatic rings. The standard InChI is InChI=1S/C27H21N5O3S/c1-17-24(30-29-22-12-6-11-21(15-22)26(34)35)25(33)32(31-17)27-28-23(16-36-27)20-10-5-9-19(14-20)13-18-7-3-2-4-8-18/h2-12,14-16,31H,13H2,1H3,(H,34,35). The maximum atomic E-state index is 13.0. The molecule has 178 valence electrons. The fourth-order valence-corrected chi connectivity index (χ4v) is 4.56. The summed E-state index contributed by atoms with van der Waals surface area (Å²) < 4.78 is 1.35. The fraction of sp³-hybridized carbons (Fsp3) is 0.0741. The highest BCUT2D eigenvalue weighted by atomic mass is 32.1. The molecule has 2 aromatic heterocycles. The third kappa shape index (κ3) is 4.91. The summed E-state index contributed by atoms with van der Waals surface area (Å²) in [5.74, 6) is -1.06. The highest BCUT2D eigenvalue weighted by Crippen LogP contribution is 2.26. The van der Waals surface area contributed by atoms with Crippen molar-refractivity contribution < 1.29 is 9.90 Å². The molecule has 0 saturated heterocycles. The molecule has 9 heteroatoms. The normalized spacial score (nSPS) is 11.2. The van der Waals surface area contributed by atoms with Gasteiger partial charge in [0.15, 0.2) is 5.69 Å². The summed E-state index contributed by atoms with van der Waals surface area (Å²) >= 11 is 1.35. The van der Waals surface area contributed by atoms with Gasteiger partial charge in [-0.25, -0.2) is 9.78 Å². The number of aromatic carboxylic acids is 1. The number of azo groups is 1. The lowest BCUT2D eigenvalue weighted by Crippen LogP contribution is -2.13. The number of hydrogen-bond donors (Lipinski definition) is 2. The van der Waals surface area contributed by atoms with Gasteiger partial charge in [-0.05, 0) is 48.7 Å². The Morgan fingerprint density at radius 1 is 1.00 bits per heavy atom. The van der Waals surface area contributed by atoms with Crippen LogP contribution < -0.4 is 5.56 Å².